The van der Waals surface area contributed by atoms with Gasteiger partial charge in [-0.1, -0.05) is 23.9 Å². The van der Waals surface area contributed by atoms with Gasteiger partial charge in [0.15, 0.2) is 0 Å². The van der Waals surface area contributed by atoms with Crippen LogP contribution in [0.5, 0.6) is 0 Å². The highest BCUT2D eigenvalue weighted by molar-refractivity contribution is 8.00. The first-order valence-electron chi connectivity index (χ1n) is 6.55. The lowest BCUT2D eigenvalue weighted by atomic mass is 10.3. The zero-order valence-electron chi connectivity index (χ0n) is 11.6. The van der Waals surface area contributed by atoms with Gasteiger partial charge in [-0.05, 0) is 30.5 Å². The minimum Gasteiger partial charge on any atom is -0.323 e. The predicted octanol–water partition coefficient (Wildman–Crippen LogP) is 3.95. The number of thiophene rings is 1. The fourth-order valence-electron chi connectivity index (χ4n) is 1.88. The summed E-state index contributed by atoms with van der Waals surface area (Å²) in [5.74, 6) is -0.715. The first-order valence-corrected chi connectivity index (χ1v) is 8.31. The molecule has 1 atom stereocenters. The SMILES string of the molecule is CC(Sc1ncnc2sccc12)C(=O)Nc1ccccc1F. The molecule has 0 saturated carbocycles. The first-order chi connectivity index (χ1) is 10.6. The monoisotopic (exact) mass is 333 g/mol. The van der Waals surface area contributed by atoms with Gasteiger partial charge in [0.05, 0.1) is 10.9 Å². The number of halogens is 1. The van der Waals surface area contributed by atoms with E-state index in [-0.39, 0.29) is 11.6 Å². The number of hydrogen-bond donors (Lipinski definition) is 1. The average molecular weight is 333 g/mol. The van der Waals surface area contributed by atoms with Crippen LogP contribution in [0.15, 0.2) is 47.1 Å². The molecular weight excluding hydrogens is 321 g/mol. The maximum atomic E-state index is 13.6. The molecule has 0 aliphatic heterocycles. The van der Waals surface area contributed by atoms with Crippen molar-refractivity contribution < 1.29 is 9.18 Å². The zero-order valence-corrected chi connectivity index (χ0v) is 13.2. The van der Waals surface area contributed by atoms with E-state index >= 15 is 0 Å². The van der Waals surface area contributed by atoms with Crippen molar-refractivity contribution in [2.24, 2.45) is 0 Å². The van der Waals surface area contributed by atoms with Crippen LogP contribution in [-0.4, -0.2) is 21.1 Å². The van der Waals surface area contributed by atoms with Crippen LogP contribution in [0, 0.1) is 5.82 Å². The van der Waals surface area contributed by atoms with Crippen LogP contribution >= 0.6 is 23.1 Å². The summed E-state index contributed by atoms with van der Waals surface area (Å²) in [4.78, 5) is 21.5. The van der Waals surface area contributed by atoms with Gasteiger partial charge < -0.3 is 5.32 Å². The lowest BCUT2D eigenvalue weighted by Crippen LogP contribution is -2.23. The van der Waals surface area contributed by atoms with Crippen LogP contribution in [0.3, 0.4) is 0 Å². The van der Waals surface area contributed by atoms with E-state index in [0.717, 1.165) is 15.2 Å². The molecule has 0 aliphatic carbocycles. The molecule has 0 spiro atoms. The van der Waals surface area contributed by atoms with Crippen LogP contribution in [0.4, 0.5) is 10.1 Å². The molecule has 0 fully saturated rings. The molecule has 112 valence electrons. The number of nitrogens with zero attached hydrogens (tertiary/aromatic N) is 2. The molecule has 3 rings (SSSR count). The fraction of sp³-hybridized carbons (Fsp3) is 0.133. The number of amides is 1. The van der Waals surface area contributed by atoms with Crippen LogP contribution in [0.25, 0.3) is 10.2 Å². The van der Waals surface area contributed by atoms with Gasteiger partial charge in [-0.2, -0.15) is 0 Å². The van der Waals surface area contributed by atoms with E-state index in [1.165, 1.54) is 41.6 Å². The van der Waals surface area contributed by atoms with Gasteiger partial charge in [0.25, 0.3) is 0 Å². The molecule has 1 amide bonds. The second kappa shape index (κ2) is 6.41. The number of fused-ring (bicyclic) bond motifs is 1. The summed E-state index contributed by atoms with van der Waals surface area (Å²) in [5.41, 5.74) is 0.184. The van der Waals surface area contributed by atoms with Crippen molar-refractivity contribution in [3.63, 3.8) is 0 Å². The van der Waals surface area contributed by atoms with Gasteiger partial charge in [-0.15, -0.1) is 11.3 Å². The van der Waals surface area contributed by atoms with Crippen molar-refractivity contribution >= 4 is 44.9 Å². The van der Waals surface area contributed by atoms with Crippen molar-refractivity contribution in [3.8, 4) is 0 Å². The van der Waals surface area contributed by atoms with E-state index in [1.54, 1.807) is 19.1 Å². The van der Waals surface area contributed by atoms with Gasteiger partial charge in [0.2, 0.25) is 5.91 Å². The van der Waals surface area contributed by atoms with E-state index in [1.807, 2.05) is 11.4 Å². The van der Waals surface area contributed by atoms with Crippen molar-refractivity contribution in [2.75, 3.05) is 5.32 Å². The maximum absolute atomic E-state index is 13.6. The smallest absolute Gasteiger partial charge is 0.237 e. The molecule has 22 heavy (non-hydrogen) atoms. The number of thioether (sulfide) groups is 1. The number of carbonyl (C=O) groups excluding carboxylic acids is 1. The third-order valence-corrected chi connectivity index (χ3v) is 4.95. The van der Waals surface area contributed by atoms with E-state index in [2.05, 4.69) is 15.3 Å². The average Bonchev–Trinajstić information content (AvgIpc) is 2.99. The summed E-state index contributed by atoms with van der Waals surface area (Å²) in [5, 5.41) is 5.82. The Balaban J connectivity index is 1.74. The van der Waals surface area contributed by atoms with Gasteiger partial charge in [0.1, 0.15) is 22.0 Å². The second-order valence-electron chi connectivity index (χ2n) is 4.55. The van der Waals surface area contributed by atoms with E-state index in [4.69, 9.17) is 0 Å². The minimum atomic E-state index is -0.449. The van der Waals surface area contributed by atoms with Gasteiger partial charge in [-0.3, -0.25) is 4.79 Å². The summed E-state index contributed by atoms with van der Waals surface area (Å²) in [6.07, 6.45) is 1.49. The van der Waals surface area contributed by atoms with Crippen molar-refractivity contribution in [2.45, 2.75) is 17.2 Å². The molecule has 1 unspecified atom stereocenters. The lowest BCUT2D eigenvalue weighted by molar-refractivity contribution is -0.115. The third kappa shape index (κ3) is 3.10. The van der Waals surface area contributed by atoms with Crippen LogP contribution < -0.4 is 5.32 Å². The molecule has 7 heteroatoms. The Morgan fingerprint density at radius 2 is 2.14 bits per heavy atom. The number of anilines is 1. The molecule has 2 aromatic heterocycles. The second-order valence-corrected chi connectivity index (χ2v) is 6.77. The largest absolute Gasteiger partial charge is 0.323 e. The number of hydrogen-bond acceptors (Lipinski definition) is 5. The number of aromatic nitrogens is 2. The van der Waals surface area contributed by atoms with E-state index in [0.29, 0.717) is 0 Å². The Bertz CT molecular complexity index is 821. The Hall–Kier alpha value is -1.99. The predicted molar refractivity (Wildman–Crippen MR) is 87.8 cm³/mol. The van der Waals surface area contributed by atoms with E-state index in [9.17, 15) is 9.18 Å². The highest BCUT2D eigenvalue weighted by atomic mass is 32.2. The molecule has 0 saturated heterocycles. The Labute approximate surface area is 134 Å². The van der Waals surface area contributed by atoms with Gasteiger partial charge in [-0.25, -0.2) is 14.4 Å². The number of carbonyl (C=O) groups is 1. The van der Waals surface area contributed by atoms with Crippen molar-refractivity contribution in [1.29, 1.82) is 0 Å². The first kappa shape index (κ1) is 14.9. The van der Waals surface area contributed by atoms with Gasteiger partial charge >= 0.3 is 0 Å². The summed E-state index contributed by atoms with van der Waals surface area (Å²) < 4.78 is 13.6. The molecule has 0 bridgehead atoms. The minimum absolute atomic E-state index is 0.184. The molecule has 4 nitrogen and oxygen atoms in total. The van der Waals surface area contributed by atoms with Crippen LogP contribution in [0.2, 0.25) is 0 Å². The van der Waals surface area contributed by atoms with Crippen LogP contribution in [-0.2, 0) is 4.79 Å². The topological polar surface area (TPSA) is 54.9 Å². The standard InChI is InChI=1S/C15H12FN3OS2/c1-9(13(20)19-12-5-3-2-4-11(12)16)22-15-10-6-7-21-14(10)17-8-18-15/h2-9H,1H3,(H,19,20). The number of para-hydroxylation sites is 1. The Morgan fingerprint density at radius 1 is 1.32 bits per heavy atom. The summed E-state index contributed by atoms with van der Waals surface area (Å²) in [6, 6.07) is 8.04. The molecule has 0 aliphatic rings. The van der Waals surface area contributed by atoms with Crippen molar-refractivity contribution in [3.05, 3.63) is 47.9 Å². The molecule has 3 aromatic rings. The summed E-state index contributed by atoms with van der Waals surface area (Å²) >= 11 is 2.86. The fourth-order valence-corrected chi connectivity index (χ4v) is 3.58. The van der Waals surface area contributed by atoms with Crippen LogP contribution in [0.1, 0.15) is 6.92 Å². The molecule has 1 N–H and O–H groups in total. The summed E-state index contributed by atoms with van der Waals surface area (Å²) in [6.45, 7) is 1.77. The Kier molecular flexibility index (Phi) is 4.35. The number of benzene rings is 1. The number of rotatable bonds is 4. The molecule has 1 aromatic carbocycles. The van der Waals surface area contributed by atoms with E-state index < -0.39 is 11.1 Å². The molecular formula is C15H12FN3OS2. The molecule has 0 radical (unpaired) electrons. The molecule has 2 heterocycles. The quantitative estimate of drug-likeness (QED) is 0.580. The highest BCUT2D eigenvalue weighted by Crippen LogP contribution is 2.30. The highest BCUT2D eigenvalue weighted by Gasteiger charge is 2.18. The third-order valence-electron chi connectivity index (χ3n) is 3.01. The lowest BCUT2D eigenvalue weighted by Gasteiger charge is -2.12. The normalized spacial score (nSPS) is 12.3. The Morgan fingerprint density at radius 3 is 2.95 bits per heavy atom. The maximum Gasteiger partial charge on any atom is 0.237 e. The summed E-state index contributed by atoms with van der Waals surface area (Å²) in [7, 11) is 0. The van der Waals surface area contributed by atoms with Gasteiger partial charge in [0, 0.05) is 5.39 Å². The zero-order chi connectivity index (χ0) is 15.5. The van der Waals surface area contributed by atoms with Crippen molar-refractivity contribution in [1.82, 2.24) is 9.97 Å². The number of nitrogens with one attached hydrogen (secondary N) is 1.